The van der Waals surface area contributed by atoms with E-state index in [4.69, 9.17) is 0 Å². The molecule has 0 atom stereocenters. The second-order valence-corrected chi connectivity index (χ2v) is 10.9. The van der Waals surface area contributed by atoms with Crippen molar-refractivity contribution >= 4 is 16.1 Å². The molecular weight excluding hydrogens is 445 g/mol. The van der Waals surface area contributed by atoms with Gasteiger partial charge in [0.25, 0.3) is 16.1 Å². The minimum Gasteiger partial charge on any atom is -0.335 e. The summed E-state index contributed by atoms with van der Waals surface area (Å²) in [6.45, 7) is 2.35. The molecule has 1 aliphatic carbocycles. The first-order valence-electron chi connectivity index (χ1n) is 11.9. The molecule has 33 heavy (non-hydrogen) atoms. The Bertz CT molecular complexity index is 1130. The summed E-state index contributed by atoms with van der Waals surface area (Å²) in [7, 11) is -3.50. The lowest BCUT2D eigenvalue weighted by atomic mass is 10.1. The smallest absolute Gasteiger partial charge is 0.282 e. The summed E-state index contributed by atoms with van der Waals surface area (Å²) in [6, 6.07) is 6.45. The molecule has 1 aromatic heterocycles. The van der Waals surface area contributed by atoms with Gasteiger partial charge in [-0.15, -0.1) is 0 Å². The minimum absolute atomic E-state index is 0.199. The van der Waals surface area contributed by atoms with Crippen LogP contribution in [-0.2, 0) is 23.1 Å². The molecule has 10 heteroatoms. The maximum absolute atomic E-state index is 14.4. The van der Waals surface area contributed by atoms with E-state index in [-0.39, 0.29) is 24.8 Å². The van der Waals surface area contributed by atoms with Crippen LogP contribution in [0.2, 0.25) is 0 Å². The highest BCUT2D eigenvalue weighted by molar-refractivity contribution is 7.86. The van der Waals surface area contributed by atoms with Crippen LogP contribution in [0.15, 0.2) is 24.3 Å². The molecule has 178 valence electrons. The zero-order valence-corrected chi connectivity index (χ0v) is 19.6. The molecule has 3 aliphatic rings. The Balaban J connectivity index is 1.32. The number of nitrogens with zero attached hydrogens (tertiary/aromatic N) is 5. The predicted octanol–water partition coefficient (Wildman–Crippen LogP) is 2.38. The van der Waals surface area contributed by atoms with Gasteiger partial charge in [0.15, 0.2) is 5.69 Å². The van der Waals surface area contributed by atoms with Crippen LogP contribution in [0.4, 0.5) is 4.39 Å². The van der Waals surface area contributed by atoms with E-state index in [0.29, 0.717) is 37.6 Å². The second-order valence-electron chi connectivity index (χ2n) is 9.00. The fourth-order valence-electron chi connectivity index (χ4n) is 5.14. The van der Waals surface area contributed by atoms with Crippen LogP contribution in [-0.4, -0.2) is 76.9 Å². The number of para-hydroxylation sites is 1. The van der Waals surface area contributed by atoms with E-state index in [0.717, 1.165) is 56.2 Å². The molecule has 3 heterocycles. The fraction of sp³-hybridized carbons (Fsp3) is 0.565. The normalized spacial score (nSPS) is 20.6. The molecule has 1 aromatic carbocycles. The Morgan fingerprint density at radius 1 is 0.848 bits per heavy atom. The van der Waals surface area contributed by atoms with Crippen LogP contribution in [0.3, 0.4) is 0 Å². The number of hydrogen-bond donors (Lipinski definition) is 0. The Morgan fingerprint density at radius 2 is 1.52 bits per heavy atom. The van der Waals surface area contributed by atoms with E-state index in [1.165, 1.54) is 10.4 Å². The lowest BCUT2D eigenvalue weighted by Gasteiger charge is -2.36. The van der Waals surface area contributed by atoms with Crippen LogP contribution >= 0.6 is 0 Å². The zero-order chi connectivity index (χ0) is 23.0. The standard InChI is InChI=1S/C23H30FN5O3S/c24-19-9-3-4-10-21(19)29-20-11-7-8-18(20)22(25-29)23(30)26-14-16-28(17-15-26)33(31,32)27-12-5-1-2-6-13-27/h3-4,9-10H,1-2,5-8,11-17H2. The molecule has 2 aliphatic heterocycles. The van der Waals surface area contributed by atoms with Crippen molar-refractivity contribution in [1.82, 2.24) is 23.3 Å². The number of rotatable bonds is 4. The van der Waals surface area contributed by atoms with Gasteiger partial charge in [-0.2, -0.15) is 22.1 Å². The molecule has 0 spiro atoms. The molecule has 2 aromatic rings. The lowest BCUT2D eigenvalue weighted by molar-refractivity contribution is 0.0686. The largest absolute Gasteiger partial charge is 0.335 e. The SMILES string of the molecule is O=C(c1nn(-c2ccccc2F)c2c1CCC2)N1CCN(S(=O)(=O)N2CCCCCC2)CC1. The average Bonchev–Trinajstić information content (AvgIpc) is 3.32. The first-order chi connectivity index (χ1) is 16.0. The van der Waals surface area contributed by atoms with E-state index in [2.05, 4.69) is 5.10 Å². The molecule has 0 N–H and O–H groups in total. The highest BCUT2D eigenvalue weighted by Crippen LogP contribution is 2.30. The first-order valence-corrected chi connectivity index (χ1v) is 13.3. The molecule has 0 unspecified atom stereocenters. The quantitative estimate of drug-likeness (QED) is 0.680. The van der Waals surface area contributed by atoms with Crippen molar-refractivity contribution < 1.29 is 17.6 Å². The molecule has 2 saturated heterocycles. The third kappa shape index (κ3) is 4.20. The van der Waals surface area contributed by atoms with Gasteiger partial charge < -0.3 is 4.90 Å². The highest BCUT2D eigenvalue weighted by Gasteiger charge is 2.36. The van der Waals surface area contributed by atoms with Gasteiger partial charge in [-0.05, 0) is 44.2 Å². The maximum atomic E-state index is 14.4. The van der Waals surface area contributed by atoms with Crippen LogP contribution in [0.1, 0.15) is 53.8 Å². The third-order valence-electron chi connectivity index (χ3n) is 6.96. The van der Waals surface area contributed by atoms with Gasteiger partial charge in [-0.25, -0.2) is 9.07 Å². The van der Waals surface area contributed by atoms with Crippen molar-refractivity contribution in [3.8, 4) is 5.69 Å². The van der Waals surface area contributed by atoms with Gasteiger partial charge >= 0.3 is 0 Å². The summed E-state index contributed by atoms with van der Waals surface area (Å²) in [5.74, 6) is -0.573. The van der Waals surface area contributed by atoms with Gasteiger partial charge in [0, 0.05) is 50.5 Å². The van der Waals surface area contributed by atoms with E-state index < -0.39 is 10.2 Å². The second kappa shape index (κ2) is 9.15. The Morgan fingerprint density at radius 3 is 2.21 bits per heavy atom. The third-order valence-corrected chi connectivity index (χ3v) is 8.99. The number of carbonyl (C=O) groups excluding carboxylic acids is 1. The number of aromatic nitrogens is 2. The predicted molar refractivity (Wildman–Crippen MR) is 122 cm³/mol. The minimum atomic E-state index is -3.50. The number of hydrogen-bond acceptors (Lipinski definition) is 4. The van der Waals surface area contributed by atoms with Gasteiger partial charge in [0.1, 0.15) is 11.5 Å². The zero-order valence-electron chi connectivity index (χ0n) is 18.7. The van der Waals surface area contributed by atoms with E-state index in [1.807, 2.05) is 0 Å². The summed E-state index contributed by atoms with van der Waals surface area (Å²) in [4.78, 5) is 15.1. The summed E-state index contributed by atoms with van der Waals surface area (Å²) in [5.41, 5.74) is 2.51. The summed E-state index contributed by atoms with van der Waals surface area (Å²) in [5, 5.41) is 4.54. The molecule has 5 rings (SSSR count). The highest BCUT2D eigenvalue weighted by atomic mass is 32.2. The Kier molecular flexibility index (Phi) is 6.24. The summed E-state index contributed by atoms with van der Waals surface area (Å²) in [6.07, 6.45) is 6.33. The molecule has 1 amide bonds. The van der Waals surface area contributed by atoms with Gasteiger partial charge in [-0.3, -0.25) is 4.79 Å². The maximum Gasteiger partial charge on any atom is 0.282 e. The van der Waals surface area contributed by atoms with Gasteiger partial charge in [-0.1, -0.05) is 25.0 Å². The number of amides is 1. The van der Waals surface area contributed by atoms with Crippen LogP contribution < -0.4 is 0 Å². The summed E-state index contributed by atoms with van der Waals surface area (Å²) >= 11 is 0. The molecule has 0 saturated carbocycles. The number of piperazine rings is 1. The molecule has 8 nitrogen and oxygen atoms in total. The average molecular weight is 476 g/mol. The van der Waals surface area contributed by atoms with Gasteiger partial charge in [0.2, 0.25) is 0 Å². The number of carbonyl (C=O) groups is 1. The van der Waals surface area contributed by atoms with E-state index in [1.54, 1.807) is 32.1 Å². The fourth-order valence-corrected chi connectivity index (χ4v) is 6.81. The van der Waals surface area contributed by atoms with Crippen molar-refractivity contribution in [1.29, 1.82) is 0 Å². The van der Waals surface area contributed by atoms with E-state index in [9.17, 15) is 17.6 Å². The van der Waals surface area contributed by atoms with Crippen LogP contribution in [0, 0.1) is 5.82 Å². The number of benzene rings is 1. The van der Waals surface area contributed by atoms with Crippen molar-refractivity contribution in [2.75, 3.05) is 39.3 Å². The van der Waals surface area contributed by atoms with Crippen molar-refractivity contribution in [3.63, 3.8) is 0 Å². The topological polar surface area (TPSA) is 78.8 Å². The van der Waals surface area contributed by atoms with Crippen molar-refractivity contribution in [2.24, 2.45) is 0 Å². The van der Waals surface area contributed by atoms with Gasteiger partial charge in [0.05, 0.1) is 0 Å². The number of fused-ring (bicyclic) bond motifs is 1. The molecule has 0 radical (unpaired) electrons. The van der Waals surface area contributed by atoms with Crippen LogP contribution in [0.25, 0.3) is 5.69 Å². The Labute approximate surface area is 194 Å². The molecular formula is C23H30FN5O3S. The Hall–Kier alpha value is -2.30. The lowest BCUT2D eigenvalue weighted by Crippen LogP contribution is -2.54. The summed E-state index contributed by atoms with van der Waals surface area (Å²) < 4.78 is 45.3. The first kappa shape index (κ1) is 22.5. The van der Waals surface area contributed by atoms with E-state index >= 15 is 0 Å². The van der Waals surface area contributed by atoms with Crippen LogP contribution in [0.5, 0.6) is 0 Å². The number of halogens is 1. The monoisotopic (exact) mass is 475 g/mol. The molecule has 2 fully saturated rings. The van der Waals surface area contributed by atoms with Crippen molar-refractivity contribution in [2.45, 2.75) is 44.9 Å². The van der Waals surface area contributed by atoms with Crippen molar-refractivity contribution in [3.05, 3.63) is 47.0 Å². The molecule has 0 bridgehead atoms.